The van der Waals surface area contributed by atoms with Crippen molar-refractivity contribution in [1.82, 2.24) is 4.90 Å². The molecule has 0 saturated carbocycles. The largest absolute Gasteiger partial charge is 0.299 e. The van der Waals surface area contributed by atoms with E-state index in [0.717, 1.165) is 6.54 Å². The average molecular weight is 243 g/mol. The van der Waals surface area contributed by atoms with Crippen molar-refractivity contribution in [3.05, 3.63) is 42.0 Å². The second-order valence-corrected chi connectivity index (χ2v) is 5.22. The van der Waals surface area contributed by atoms with Crippen LogP contribution in [0.15, 0.2) is 36.4 Å². The van der Waals surface area contributed by atoms with Crippen molar-refractivity contribution in [2.75, 3.05) is 19.6 Å². The Kier molecular flexibility index (Phi) is 5.47. The van der Waals surface area contributed by atoms with Gasteiger partial charge in [-0.15, -0.1) is 0 Å². The number of hydrogen-bond donors (Lipinski definition) is 0. The molecule has 2 rings (SSSR count). The minimum absolute atomic E-state index is 1.13. The van der Waals surface area contributed by atoms with E-state index in [0.29, 0.717) is 0 Å². The number of allylic oxidation sites excluding steroid dienone is 1. The maximum atomic E-state index is 2.59. The van der Waals surface area contributed by atoms with Crippen LogP contribution in [0.1, 0.15) is 44.6 Å². The third kappa shape index (κ3) is 3.99. The summed E-state index contributed by atoms with van der Waals surface area (Å²) in [5, 5.41) is 0. The number of hydrogen-bond acceptors (Lipinski definition) is 1. The van der Waals surface area contributed by atoms with Crippen LogP contribution in [0.3, 0.4) is 0 Å². The van der Waals surface area contributed by atoms with Crippen LogP contribution in [0, 0.1) is 0 Å². The zero-order valence-corrected chi connectivity index (χ0v) is 11.6. The summed E-state index contributed by atoms with van der Waals surface area (Å²) in [6, 6.07) is 10.9. The van der Waals surface area contributed by atoms with E-state index in [1.165, 1.54) is 56.3 Å². The summed E-state index contributed by atoms with van der Waals surface area (Å²) < 4.78 is 0. The maximum absolute atomic E-state index is 2.59. The van der Waals surface area contributed by atoms with E-state index in [2.05, 4.69) is 48.2 Å². The predicted molar refractivity (Wildman–Crippen MR) is 79.6 cm³/mol. The fourth-order valence-corrected chi connectivity index (χ4v) is 2.59. The van der Waals surface area contributed by atoms with Crippen LogP contribution < -0.4 is 0 Å². The van der Waals surface area contributed by atoms with Crippen LogP contribution in [0.5, 0.6) is 0 Å². The van der Waals surface area contributed by atoms with Crippen LogP contribution in [0.25, 0.3) is 5.57 Å². The topological polar surface area (TPSA) is 3.24 Å². The third-order valence-corrected chi connectivity index (χ3v) is 3.69. The van der Waals surface area contributed by atoms with Crippen LogP contribution in [0.4, 0.5) is 0 Å². The average Bonchev–Trinajstić information content (AvgIpc) is 2.92. The number of nitrogens with zero attached hydrogens (tertiary/aromatic N) is 1. The quantitative estimate of drug-likeness (QED) is 0.671. The Hall–Kier alpha value is -1.08. The first-order chi connectivity index (χ1) is 8.90. The minimum atomic E-state index is 1.13. The van der Waals surface area contributed by atoms with Gasteiger partial charge >= 0.3 is 0 Å². The normalized spacial score (nSPS) is 17.3. The van der Waals surface area contributed by atoms with Gasteiger partial charge in [0.15, 0.2) is 0 Å². The van der Waals surface area contributed by atoms with Crippen molar-refractivity contribution in [2.24, 2.45) is 0 Å². The van der Waals surface area contributed by atoms with E-state index in [9.17, 15) is 0 Å². The summed E-state index contributed by atoms with van der Waals surface area (Å²) in [7, 11) is 0. The van der Waals surface area contributed by atoms with Gasteiger partial charge in [0.05, 0.1) is 0 Å². The molecule has 1 heterocycles. The molecule has 0 amide bonds. The number of unbranched alkanes of at least 4 members (excludes halogenated alkanes) is 2. The van der Waals surface area contributed by atoms with E-state index < -0.39 is 0 Å². The van der Waals surface area contributed by atoms with Crippen LogP contribution >= 0.6 is 0 Å². The molecule has 98 valence electrons. The molecule has 0 unspecified atom stereocenters. The van der Waals surface area contributed by atoms with Gasteiger partial charge in [-0.05, 0) is 43.5 Å². The number of likely N-dealkylation sites (tertiary alicyclic amines) is 1. The molecule has 1 fully saturated rings. The Bertz CT molecular complexity index is 360. The van der Waals surface area contributed by atoms with Gasteiger partial charge < -0.3 is 0 Å². The van der Waals surface area contributed by atoms with Crippen molar-refractivity contribution in [1.29, 1.82) is 0 Å². The molecule has 0 N–H and O–H groups in total. The molecular formula is C17H25N. The molecule has 1 aliphatic rings. The highest BCUT2D eigenvalue weighted by atomic mass is 15.1. The van der Waals surface area contributed by atoms with E-state index in [1.807, 2.05) is 0 Å². The molecule has 1 saturated heterocycles. The van der Waals surface area contributed by atoms with E-state index in [4.69, 9.17) is 0 Å². The summed E-state index contributed by atoms with van der Waals surface area (Å²) in [5.74, 6) is 0. The summed E-state index contributed by atoms with van der Waals surface area (Å²) >= 11 is 0. The Labute approximate surface area is 112 Å². The SMILES string of the molecule is CCCC/C=C(\CN1CCCC1)c1ccccc1. The number of benzene rings is 1. The van der Waals surface area contributed by atoms with Crippen molar-refractivity contribution in [2.45, 2.75) is 39.0 Å². The van der Waals surface area contributed by atoms with Crippen molar-refractivity contribution in [3.63, 3.8) is 0 Å². The molecule has 1 nitrogen and oxygen atoms in total. The van der Waals surface area contributed by atoms with E-state index in [-0.39, 0.29) is 0 Å². The smallest absolute Gasteiger partial charge is 0.0236 e. The van der Waals surface area contributed by atoms with Gasteiger partial charge in [0.2, 0.25) is 0 Å². The molecule has 18 heavy (non-hydrogen) atoms. The summed E-state index contributed by atoms with van der Waals surface area (Å²) in [6.07, 6.45) is 9.00. The minimum Gasteiger partial charge on any atom is -0.299 e. The monoisotopic (exact) mass is 243 g/mol. The molecule has 0 atom stereocenters. The van der Waals surface area contributed by atoms with Crippen molar-refractivity contribution >= 4 is 5.57 Å². The lowest BCUT2D eigenvalue weighted by Crippen LogP contribution is -2.21. The Morgan fingerprint density at radius 1 is 1.17 bits per heavy atom. The van der Waals surface area contributed by atoms with Gasteiger partial charge in [-0.2, -0.15) is 0 Å². The fraction of sp³-hybridized carbons (Fsp3) is 0.529. The highest BCUT2D eigenvalue weighted by Crippen LogP contribution is 2.19. The zero-order valence-electron chi connectivity index (χ0n) is 11.6. The molecule has 1 heteroatoms. The Morgan fingerprint density at radius 2 is 1.89 bits per heavy atom. The van der Waals surface area contributed by atoms with Crippen molar-refractivity contribution in [3.8, 4) is 0 Å². The molecule has 1 aromatic carbocycles. The zero-order chi connectivity index (χ0) is 12.6. The van der Waals surface area contributed by atoms with Gasteiger partial charge in [-0.1, -0.05) is 56.2 Å². The van der Waals surface area contributed by atoms with Gasteiger partial charge in [0, 0.05) is 6.54 Å². The first kappa shape index (κ1) is 13.4. The van der Waals surface area contributed by atoms with Crippen LogP contribution in [0.2, 0.25) is 0 Å². The summed E-state index contributed by atoms with van der Waals surface area (Å²) in [5.41, 5.74) is 2.92. The third-order valence-electron chi connectivity index (χ3n) is 3.69. The van der Waals surface area contributed by atoms with Gasteiger partial charge in [-0.25, -0.2) is 0 Å². The standard InChI is InChI=1S/C17H25N/c1-2-3-5-12-17(15-18-13-8-9-14-18)16-10-6-4-7-11-16/h4,6-7,10-12H,2-3,5,8-9,13-15H2,1H3/b17-12+. The van der Waals surface area contributed by atoms with E-state index in [1.54, 1.807) is 0 Å². The molecule has 0 bridgehead atoms. The lowest BCUT2D eigenvalue weighted by atomic mass is 10.0. The van der Waals surface area contributed by atoms with Gasteiger partial charge in [0.25, 0.3) is 0 Å². The maximum Gasteiger partial charge on any atom is 0.0236 e. The van der Waals surface area contributed by atoms with Crippen molar-refractivity contribution < 1.29 is 0 Å². The lowest BCUT2D eigenvalue weighted by Gasteiger charge is -2.17. The Morgan fingerprint density at radius 3 is 2.56 bits per heavy atom. The number of rotatable bonds is 6. The molecule has 0 spiro atoms. The highest BCUT2D eigenvalue weighted by molar-refractivity contribution is 5.66. The predicted octanol–water partition coefficient (Wildman–Crippen LogP) is 4.36. The second-order valence-electron chi connectivity index (χ2n) is 5.22. The molecular weight excluding hydrogens is 218 g/mol. The summed E-state index contributed by atoms with van der Waals surface area (Å²) in [4.78, 5) is 2.59. The van der Waals surface area contributed by atoms with Gasteiger partial charge in [0.1, 0.15) is 0 Å². The fourth-order valence-electron chi connectivity index (χ4n) is 2.59. The van der Waals surface area contributed by atoms with Gasteiger partial charge in [-0.3, -0.25) is 4.90 Å². The Balaban J connectivity index is 2.04. The van der Waals surface area contributed by atoms with Crippen LogP contribution in [-0.2, 0) is 0 Å². The summed E-state index contributed by atoms with van der Waals surface area (Å²) in [6.45, 7) is 5.94. The molecule has 0 radical (unpaired) electrons. The van der Waals surface area contributed by atoms with E-state index >= 15 is 0 Å². The lowest BCUT2D eigenvalue weighted by molar-refractivity contribution is 0.382. The molecule has 1 aromatic rings. The molecule has 0 aliphatic carbocycles. The molecule has 1 aliphatic heterocycles. The highest BCUT2D eigenvalue weighted by Gasteiger charge is 2.13. The first-order valence-corrected chi connectivity index (χ1v) is 7.37. The second kappa shape index (κ2) is 7.38. The molecule has 0 aromatic heterocycles. The first-order valence-electron chi connectivity index (χ1n) is 7.37. The van der Waals surface area contributed by atoms with Crippen LogP contribution in [-0.4, -0.2) is 24.5 Å².